The van der Waals surface area contributed by atoms with Crippen molar-refractivity contribution < 1.29 is 9.53 Å². The van der Waals surface area contributed by atoms with Gasteiger partial charge in [-0.15, -0.1) is 0 Å². The first-order valence-electron chi connectivity index (χ1n) is 5.95. The third-order valence-electron chi connectivity index (χ3n) is 3.21. The van der Waals surface area contributed by atoms with Crippen molar-refractivity contribution in [1.82, 2.24) is 0 Å². The van der Waals surface area contributed by atoms with E-state index in [0.717, 1.165) is 25.7 Å². The van der Waals surface area contributed by atoms with E-state index in [-0.39, 0.29) is 11.8 Å². The molecule has 1 fully saturated rings. The van der Waals surface area contributed by atoms with Crippen LogP contribution in [-0.2, 0) is 4.79 Å². The number of methoxy groups -OCH3 is 1. The number of hydrogen-bond donors (Lipinski definition) is 2. The molecule has 0 bridgehead atoms. The van der Waals surface area contributed by atoms with Gasteiger partial charge in [0.1, 0.15) is 5.75 Å². The number of benzene rings is 1. The van der Waals surface area contributed by atoms with Crippen molar-refractivity contribution in [3.63, 3.8) is 0 Å². The largest absolute Gasteiger partial charge is 0.495 e. The Balaban J connectivity index is 2.11. The molecule has 1 aromatic rings. The third-order valence-corrected chi connectivity index (χ3v) is 3.21. The fourth-order valence-corrected chi connectivity index (χ4v) is 2.25. The van der Waals surface area contributed by atoms with Gasteiger partial charge >= 0.3 is 0 Å². The minimum atomic E-state index is 0.0754. The molecular weight excluding hydrogens is 216 g/mol. The summed E-state index contributed by atoms with van der Waals surface area (Å²) in [7, 11) is 1.58. The summed E-state index contributed by atoms with van der Waals surface area (Å²) >= 11 is 0. The summed E-state index contributed by atoms with van der Waals surface area (Å²) < 4.78 is 5.19. The Morgan fingerprint density at radius 1 is 1.41 bits per heavy atom. The number of carbonyl (C=O) groups is 1. The minimum Gasteiger partial charge on any atom is -0.495 e. The summed E-state index contributed by atoms with van der Waals surface area (Å²) in [5.41, 5.74) is 6.98. The molecule has 1 aliphatic carbocycles. The fraction of sp³-hybridized carbons (Fsp3) is 0.462. The van der Waals surface area contributed by atoms with Crippen LogP contribution in [0.3, 0.4) is 0 Å². The Hall–Kier alpha value is -1.71. The number of amides is 1. The van der Waals surface area contributed by atoms with Crippen LogP contribution in [0.4, 0.5) is 11.4 Å². The van der Waals surface area contributed by atoms with Crippen molar-refractivity contribution in [2.45, 2.75) is 25.7 Å². The normalized spacial score (nSPS) is 15.8. The molecule has 0 atom stereocenters. The maximum atomic E-state index is 12.0. The van der Waals surface area contributed by atoms with Crippen LogP contribution in [0.15, 0.2) is 18.2 Å². The van der Waals surface area contributed by atoms with Gasteiger partial charge < -0.3 is 15.8 Å². The van der Waals surface area contributed by atoms with Crippen LogP contribution in [0.25, 0.3) is 0 Å². The van der Waals surface area contributed by atoms with E-state index in [1.54, 1.807) is 25.3 Å². The molecule has 2 rings (SSSR count). The van der Waals surface area contributed by atoms with Gasteiger partial charge in [0, 0.05) is 11.6 Å². The monoisotopic (exact) mass is 234 g/mol. The van der Waals surface area contributed by atoms with Crippen LogP contribution >= 0.6 is 0 Å². The van der Waals surface area contributed by atoms with Crippen LogP contribution in [-0.4, -0.2) is 13.0 Å². The molecule has 0 spiro atoms. The van der Waals surface area contributed by atoms with Gasteiger partial charge in [-0.25, -0.2) is 0 Å². The molecular formula is C13H18N2O2. The zero-order chi connectivity index (χ0) is 12.3. The Morgan fingerprint density at radius 3 is 2.76 bits per heavy atom. The highest BCUT2D eigenvalue weighted by atomic mass is 16.5. The Labute approximate surface area is 101 Å². The van der Waals surface area contributed by atoms with Gasteiger partial charge in [0.15, 0.2) is 0 Å². The average molecular weight is 234 g/mol. The quantitative estimate of drug-likeness (QED) is 0.789. The zero-order valence-corrected chi connectivity index (χ0v) is 10.0. The first-order chi connectivity index (χ1) is 8.20. The van der Waals surface area contributed by atoms with Crippen molar-refractivity contribution in [3.8, 4) is 5.75 Å². The van der Waals surface area contributed by atoms with Crippen LogP contribution in [0.5, 0.6) is 5.75 Å². The smallest absolute Gasteiger partial charge is 0.227 e. The van der Waals surface area contributed by atoms with Gasteiger partial charge in [0.25, 0.3) is 0 Å². The molecule has 4 nitrogen and oxygen atoms in total. The van der Waals surface area contributed by atoms with Gasteiger partial charge in [-0.3, -0.25) is 4.79 Å². The highest BCUT2D eigenvalue weighted by molar-refractivity contribution is 5.94. The Kier molecular flexibility index (Phi) is 3.52. The summed E-state index contributed by atoms with van der Waals surface area (Å²) in [6, 6.07) is 5.25. The molecule has 1 aliphatic rings. The number of nitrogen functional groups attached to an aromatic ring is 1. The van der Waals surface area contributed by atoms with Crippen molar-refractivity contribution in [2.24, 2.45) is 5.92 Å². The predicted octanol–water partition coefficient (Wildman–Crippen LogP) is 2.41. The Bertz CT molecular complexity index is 412. The maximum absolute atomic E-state index is 12.0. The second-order valence-corrected chi connectivity index (χ2v) is 4.43. The number of anilines is 2. The van der Waals surface area contributed by atoms with Gasteiger partial charge in [0.2, 0.25) is 5.91 Å². The molecule has 4 heteroatoms. The van der Waals surface area contributed by atoms with E-state index >= 15 is 0 Å². The summed E-state index contributed by atoms with van der Waals surface area (Å²) in [5.74, 6) is 0.859. The van der Waals surface area contributed by atoms with Crippen molar-refractivity contribution in [1.29, 1.82) is 0 Å². The van der Waals surface area contributed by atoms with Gasteiger partial charge in [-0.05, 0) is 31.0 Å². The topological polar surface area (TPSA) is 64.3 Å². The predicted molar refractivity (Wildman–Crippen MR) is 68.0 cm³/mol. The molecule has 3 N–H and O–H groups in total. The summed E-state index contributed by atoms with van der Waals surface area (Å²) in [6.07, 6.45) is 4.26. The number of ether oxygens (including phenoxy) is 1. The van der Waals surface area contributed by atoms with Crippen molar-refractivity contribution in [3.05, 3.63) is 18.2 Å². The lowest BCUT2D eigenvalue weighted by Gasteiger charge is -2.13. The van der Waals surface area contributed by atoms with Crippen LogP contribution in [0.1, 0.15) is 25.7 Å². The molecule has 1 aromatic carbocycles. The third kappa shape index (κ3) is 2.70. The standard InChI is InChI=1S/C13H18N2O2/c1-17-12-7-6-10(14)8-11(12)15-13(16)9-4-2-3-5-9/h6-9H,2-5,14H2,1H3,(H,15,16). The van der Waals surface area contributed by atoms with E-state index in [4.69, 9.17) is 10.5 Å². The molecule has 0 radical (unpaired) electrons. The van der Waals surface area contributed by atoms with Gasteiger partial charge in [-0.2, -0.15) is 0 Å². The summed E-state index contributed by atoms with van der Waals surface area (Å²) in [6.45, 7) is 0. The summed E-state index contributed by atoms with van der Waals surface area (Å²) in [5, 5.41) is 2.90. The molecule has 0 heterocycles. The molecule has 17 heavy (non-hydrogen) atoms. The number of rotatable bonds is 3. The molecule has 0 saturated heterocycles. The van der Waals surface area contributed by atoms with E-state index in [2.05, 4.69) is 5.32 Å². The van der Waals surface area contributed by atoms with Crippen LogP contribution in [0.2, 0.25) is 0 Å². The Morgan fingerprint density at radius 2 is 2.12 bits per heavy atom. The second-order valence-electron chi connectivity index (χ2n) is 4.43. The second kappa shape index (κ2) is 5.08. The van der Waals surface area contributed by atoms with Crippen LogP contribution < -0.4 is 15.8 Å². The fourth-order valence-electron chi connectivity index (χ4n) is 2.25. The average Bonchev–Trinajstić information content (AvgIpc) is 2.83. The number of carbonyl (C=O) groups excluding carboxylic acids is 1. The molecule has 0 aromatic heterocycles. The molecule has 1 saturated carbocycles. The molecule has 0 unspecified atom stereocenters. The van der Waals surface area contributed by atoms with Crippen molar-refractivity contribution >= 4 is 17.3 Å². The number of hydrogen-bond acceptors (Lipinski definition) is 3. The highest BCUT2D eigenvalue weighted by Gasteiger charge is 2.23. The van der Waals surface area contributed by atoms with Crippen molar-refractivity contribution in [2.75, 3.05) is 18.2 Å². The SMILES string of the molecule is COc1ccc(N)cc1NC(=O)C1CCCC1. The van der Waals surface area contributed by atoms with E-state index in [9.17, 15) is 4.79 Å². The zero-order valence-electron chi connectivity index (χ0n) is 10.0. The van der Waals surface area contributed by atoms with E-state index < -0.39 is 0 Å². The lowest BCUT2D eigenvalue weighted by atomic mass is 10.1. The maximum Gasteiger partial charge on any atom is 0.227 e. The molecule has 92 valence electrons. The van der Waals surface area contributed by atoms with E-state index in [1.807, 2.05) is 0 Å². The number of nitrogens with two attached hydrogens (primary N) is 1. The summed E-state index contributed by atoms with van der Waals surface area (Å²) in [4.78, 5) is 12.0. The van der Waals surface area contributed by atoms with E-state index in [1.165, 1.54) is 0 Å². The highest BCUT2D eigenvalue weighted by Crippen LogP contribution is 2.30. The molecule has 0 aliphatic heterocycles. The molecule has 1 amide bonds. The lowest BCUT2D eigenvalue weighted by molar-refractivity contribution is -0.119. The number of nitrogens with one attached hydrogen (secondary N) is 1. The minimum absolute atomic E-state index is 0.0754. The lowest BCUT2D eigenvalue weighted by Crippen LogP contribution is -2.20. The first-order valence-corrected chi connectivity index (χ1v) is 5.95. The van der Waals surface area contributed by atoms with E-state index in [0.29, 0.717) is 17.1 Å². The first kappa shape index (κ1) is 11.8. The van der Waals surface area contributed by atoms with Gasteiger partial charge in [0.05, 0.1) is 12.8 Å². The van der Waals surface area contributed by atoms with Crippen LogP contribution in [0, 0.1) is 5.92 Å². The van der Waals surface area contributed by atoms with Gasteiger partial charge in [-0.1, -0.05) is 12.8 Å².